The van der Waals surface area contributed by atoms with Gasteiger partial charge in [0.2, 0.25) is 11.2 Å². The number of hydrogen-bond donors (Lipinski definition) is 0. The van der Waals surface area contributed by atoms with Crippen LogP contribution < -0.4 is 0 Å². The van der Waals surface area contributed by atoms with Gasteiger partial charge in [0.1, 0.15) is 0 Å². The van der Waals surface area contributed by atoms with Crippen molar-refractivity contribution in [3.05, 3.63) is 0 Å². The zero-order valence-electron chi connectivity index (χ0n) is 6.84. The standard InChI is InChI=1S/C6H14ClNOP/c1-5(2)8(6(3)4)10(7)9/h5-6H,1-4H3/q+1. The molecule has 60 valence electrons. The average molecular weight is 183 g/mol. The fourth-order valence-corrected chi connectivity index (χ4v) is 2.73. The molecular weight excluding hydrogens is 168 g/mol. The lowest BCUT2D eigenvalue weighted by atomic mass is 10.3. The van der Waals surface area contributed by atoms with Crippen molar-refractivity contribution in [1.82, 2.24) is 4.67 Å². The van der Waals surface area contributed by atoms with Crippen LogP contribution in [-0.2, 0) is 4.57 Å². The Bertz CT molecular complexity index is 119. The molecule has 0 aliphatic heterocycles. The molecule has 10 heavy (non-hydrogen) atoms. The molecule has 4 heteroatoms. The van der Waals surface area contributed by atoms with Gasteiger partial charge in [0.05, 0.1) is 12.1 Å². The van der Waals surface area contributed by atoms with Gasteiger partial charge in [-0.2, -0.15) is 0 Å². The third-order valence-corrected chi connectivity index (χ3v) is 3.05. The van der Waals surface area contributed by atoms with Crippen LogP contribution in [0.4, 0.5) is 0 Å². The third-order valence-electron chi connectivity index (χ3n) is 1.24. The van der Waals surface area contributed by atoms with E-state index in [-0.39, 0.29) is 12.1 Å². The van der Waals surface area contributed by atoms with E-state index in [1.807, 2.05) is 27.7 Å². The predicted octanol–water partition coefficient (Wildman–Crippen LogP) is 3.00. The maximum atomic E-state index is 10.9. The van der Waals surface area contributed by atoms with E-state index in [0.29, 0.717) is 0 Å². The Balaban J connectivity index is 4.12. The summed E-state index contributed by atoms with van der Waals surface area (Å²) in [4.78, 5) is 0. The van der Waals surface area contributed by atoms with E-state index < -0.39 is 7.30 Å². The smallest absolute Gasteiger partial charge is 0.0751 e. The number of rotatable bonds is 3. The second kappa shape index (κ2) is 4.27. The third kappa shape index (κ3) is 2.96. The summed E-state index contributed by atoms with van der Waals surface area (Å²) in [6.07, 6.45) is 0. The van der Waals surface area contributed by atoms with Crippen molar-refractivity contribution < 1.29 is 4.57 Å². The minimum atomic E-state index is -1.69. The van der Waals surface area contributed by atoms with Gasteiger partial charge < -0.3 is 0 Å². The highest BCUT2D eigenvalue weighted by Crippen LogP contribution is 2.36. The lowest BCUT2D eigenvalue weighted by molar-refractivity contribution is 0.315. The van der Waals surface area contributed by atoms with Crippen molar-refractivity contribution in [3.8, 4) is 0 Å². The molecule has 0 aliphatic rings. The first-order valence-corrected chi connectivity index (χ1v) is 5.49. The number of halogens is 1. The Morgan fingerprint density at radius 3 is 1.50 bits per heavy atom. The molecule has 0 aromatic rings. The molecule has 0 aromatic heterocycles. The van der Waals surface area contributed by atoms with Gasteiger partial charge in [-0.05, 0) is 32.3 Å². The first-order valence-electron chi connectivity index (χ1n) is 3.38. The molecule has 0 N–H and O–H groups in total. The van der Waals surface area contributed by atoms with Crippen molar-refractivity contribution in [2.45, 2.75) is 39.8 Å². The molecule has 1 atom stereocenters. The Morgan fingerprint density at radius 1 is 1.20 bits per heavy atom. The highest BCUT2D eigenvalue weighted by atomic mass is 35.7. The van der Waals surface area contributed by atoms with E-state index in [9.17, 15) is 4.57 Å². The molecule has 1 unspecified atom stereocenters. The minimum Gasteiger partial charge on any atom is -0.0751 e. The topological polar surface area (TPSA) is 20.3 Å². The van der Waals surface area contributed by atoms with E-state index in [2.05, 4.69) is 0 Å². The first-order chi connectivity index (χ1) is 4.46. The summed E-state index contributed by atoms with van der Waals surface area (Å²) < 4.78 is 12.6. The van der Waals surface area contributed by atoms with Crippen molar-refractivity contribution >= 4 is 18.5 Å². The van der Waals surface area contributed by atoms with Crippen molar-refractivity contribution in [1.29, 1.82) is 0 Å². The van der Waals surface area contributed by atoms with Crippen LogP contribution in [0.25, 0.3) is 0 Å². The van der Waals surface area contributed by atoms with Gasteiger partial charge in [-0.3, -0.25) is 0 Å². The zero-order valence-corrected chi connectivity index (χ0v) is 8.49. The van der Waals surface area contributed by atoms with Crippen LogP contribution in [0.3, 0.4) is 0 Å². The molecule has 0 fully saturated rings. The molecule has 0 rings (SSSR count). The summed E-state index contributed by atoms with van der Waals surface area (Å²) in [5.74, 6) is 0. The summed E-state index contributed by atoms with van der Waals surface area (Å²) in [7, 11) is -1.69. The summed E-state index contributed by atoms with van der Waals surface area (Å²) in [5.41, 5.74) is 0. The van der Waals surface area contributed by atoms with Gasteiger partial charge in [-0.15, -0.1) is 0 Å². The molecule has 2 nitrogen and oxygen atoms in total. The van der Waals surface area contributed by atoms with Crippen LogP contribution >= 0.6 is 18.5 Å². The van der Waals surface area contributed by atoms with E-state index in [1.54, 1.807) is 4.67 Å². The quantitative estimate of drug-likeness (QED) is 0.626. The van der Waals surface area contributed by atoms with Gasteiger partial charge >= 0.3 is 7.30 Å². The average Bonchev–Trinajstić information content (AvgIpc) is 1.59. The van der Waals surface area contributed by atoms with Crippen LogP contribution in [0, 0.1) is 0 Å². The molecule has 0 bridgehead atoms. The second-order valence-electron chi connectivity index (χ2n) is 2.79. The fraction of sp³-hybridized carbons (Fsp3) is 1.00. The number of nitrogens with zero attached hydrogens (tertiary/aromatic N) is 1. The van der Waals surface area contributed by atoms with Crippen LogP contribution in [0.15, 0.2) is 0 Å². The minimum absolute atomic E-state index is 0.251. The maximum absolute atomic E-state index is 10.9. The fourth-order valence-electron chi connectivity index (χ4n) is 0.959. The van der Waals surface area contributed by atoms with Crippen LogP contribution in [0.1, 0.15) is 27.7 Å². The Labute approximate surface area is 68.2 Å². The van der Waals surface area contributed by atoms with Crippen molar-refractivity contribution in [2.75, 3.05) is 0 Å². The first kappa shape index (κ1) is 10.3. The normalized spacial score (nSPS) is 13.4. The summed E-state index contributed by atoms with van der Waals surface area (Å²) in [6, 6.07) is 0.502. The summed E-state index contributed by atoms with van der Waals surface area (Å²) >= 11 is 5.47. The molecule has 0 spiro atoms. The number of hydrogen-bond acceptors (Lipinski definition) is 1. The van der Waals surface area contributed by atoms with Crippen molar-refractivity contribution in [3.63, 3.8) is 0 Å². The summed E-state index contributed by atoms with van der Waals surface area (Å²) in [5, 5.41) is 0. The Hall–Kier alpha value is 0.350. The highest BCUT2D eigenvalue weighted by molar-refractivity contribution is 7.71. The van der Waals surface area contributed by atoms with E-state index in [4.69, 9.17) is 11.2 Å². The molecule has 0 amide bonds. The molecule has 0 aromatic carbocycles. The van der Waals surface area contributed by atoms with Gasteiger partial charge in [0, 0.05) is 0 Å². The van der Waals surface area contributed by atoms with Gasteiger partial charge in [-0.1, -0.05) is 4.67 Å². The van der Waals surface area contributed by atoms with Crippen molar-refractivity contribution in [2.24, 2.45) is 0 Å². The second-order valence-corrected chi connectivity index (χ2v) is 4.58. The lowest BCUT2D eigenvalue weighted by Crippen LogP contribution is -2.29. The van der Waals surface area contributed by atoms with Gasteiger partial charge in [0.25, 0.3) is 0 Å². The lowest BCUT2D eigenvalue weighted by Gasteiger charge is -2.15. The van der Waals surface area contributed by atoms with E-state index in [0.717, 1.165) is 0 Å². The van der Waals surface area contributed by atoms with Crippen LogP contribution in [0.5, 0.6) is 0 Å². The molecule has 0 radical (unpaired) electrons. The molecule has 0 heterocycles. The monoisotopic (exact) mass is 182 g/mol. The zero-order chi connectivity index (χ0) is 8.31. The largest absolute Gasteiger partial charge is 0.556 e. The predicted molar refractivity (Wildman–Crippen MR) is 45.6 cm³/mol. The summed E-state index contributed by atoms with van der Waals surface area (Å²) in [6.45, 7) is 7.93. The highest BCUT2D eigenvalue weighted by Gasteiger charge is 2.31. The van der Waals surface area contributed by atoms with Crippen LogP contribution in [0.2, 0.25) is 0 Å². The van der Waals surface area contributed by atoms with Gasteiger partial charge in [-0.25, -0.2) is 0 Å². The SMILES string of the molecule is CC(C)N(C(C)C)[P+](=O)Cl. The molecular formula is C6H14ClNOP+. The Morgan fingerprint density at radius 2 is 1.50 bits per heavy atom. The molecule has 0 aliphatic carbocycles. The van der Waals surface area contributed by atoms with Crippen LogP contribution in [-0.4, -0.2) is 16.8 Å². The Kier molecular flexibility index (Phi) is 4.42. The van der Waals surface area contributed by atoms with E-state index in [1.165, 1.54) is 0 Å². The molecule has 0 saturated heterocycles. The van der Waals surface area contributed by atoms with E-state index >= 15 is 0 Å². The maximum Gasteiger partial charge on any atom is 0.556 e. The van der Waals surface area contributed by atoms with Gasteiger partial charge in [0.15, 0.2) is 0 Å². The molecule has 0 saturated carbocycles.